The van der Waals surface area contributed by atoms with Crippen molar-refractivity contribution in [2.45, 2.75) is 6.43 Å². The Hall–Kier alpha value is -1.96. The number of carbonyl (C=O) groups excluding carboxylic acids is 1. The Bertz CT molecular complexity index is 509. The van der Waals surface area contributed by atoms with Crippen LogP contribution < -0.4 is 4.74 Å². The number of esters is 1. The first kappa shape index (κ1) is 15.1. The molecule has 0 aromatic heterocycles. The lowest BCUT2D eigenvalue weighted by Gasteiger charge is -2.08. The molecule has 0 saturated heterocycles. The monoisotopic (exact) mass is 295 g/mol. The van der Waals surface area contributed by atoms with E-state index in [1.807, 2.05) is 0 Å². The molecule has 1 rings (SSSR count). The second-order valence-electron chi connectivity index (χ2n) is 3.26. The molecule has 0 atom stereocenters. The first-order valence-electron chi connectivity index (χ1n) is 4.82. The van der Waals surface area contributed by atoms with E-state index in [0.29, 0.717) is 6.07 Å². The third-order valence-electron chi connectivity index (χ3n) is 2.08. The van der Waals surface area contributed by atoms with E-state index in [9.17, 15) is 23.7 Å². The molecule has 19 heavy (non-hydrogen) atoms. The van der Waals surface area contributed by atoms with Gasteiger partial charge in [-0.2, -0.15) is 0 Å². The molecule has 0 aliphatic rings. The molecule has 0 amide bonds. The quantitative estimate of drug-likeness (QED) is 0.474. The number of alkyl halides is 2. The topological polar surface area (TPSA) is 78.7 Å². The van der Waals surface area contributed by atoms with Crippen LogP contribution in [0.25, 0.3) is 0 Å². The number of halogens is 3. The van der Waals surface area contributed by atoms with Crippen LogP contribution in [0.2, 0.25) is 5.02 Å². The average Bonchev–Trinajstić information content (AvgIpc) is 2.34. The molecule has 1 aromatic carbocycles. The normalized spacial score (nSPS) is 10.4. The van der Waals surface area contributed by atoms with Crippen molar-refractivity contribution in [2.24, 2.45) is 0 Å². The molecule has 0 fully saturated rings. The van der Waals surface area contributed by atoms with E-state index in [4.69, 9.17) is 16.3 Å². The van der Waals surface area contributed by atoms with Crippen LogP contribution in [-0.2, 0) is 9.53 Å². The van der Waals surface area contributed by atoms with Gasteiger partial charge in [-0.25, -0.2) is 13.6 Å². The number of nitro benzene ring substituents is 1. The first-order valence-corrected chi connectivity index (χ1v) is 5.20. The fourth-order valence-electron chi connectivity index (χ4n) is 1.18. The summed E-state index contributed by atoms with van der Waals surface area (Å²) in [6.07, 6.45) is -2.96. The molecule has 0 aliphatic carbocycles. The second kappa shape index (κ2) is 6.28. The molecule has 9 heteroatoms. The highest BCUT2D eigenvalue weighted by atomic mass is 35.5. The molecule has 6 nitrogen and oxygen atoms in total. The summed E-state index contributed by atoms with van der Waals surface area (Å²) in [6, 6.07) is 1.48. The predicted octanol–water partition coefficient (Wildman–Crippen LogP) is 2.74. The van der Waals surface area contributed by atoms with E-state index in [2.05, 4.69) is 4.74 Å². The number of nitrogens with zero attached hydrogens (tertiary/aromatic N) is 1. The summed E-state index contributed by atoms with van der Waals surface area (Å²) in [6.45, 7) is -0.596. The molecule has 104 valence electrons. The molecule has 0 radical (unpaired) electrons. The Balaban J connectivity index is 3.12. The zero-order valence-corrected chi connectivity index (χ0v) is 10.3. The van der Waals surface area contributed by atoms with Gasteiger partial charge in [-0.1, -0.05) is 11.6 Å². The molecular weight excluding hydrogens is 288 g/mol. The number of hydrogen-bond acceptors (Lipinski definition) is 5. The number of hydrogen-bond donors (Lipinski definition) is 0. The highest BCUT2D eigenvalue weighted by molar-refractivity contribution is 6.31. The van der Waals surface area contributed by atoms with E-state index >= 15 is 0 Å². The minimum atomic E-state index is -2.96. The third kappa shape index (κ3) is 3.75. The average molecular weight is 296 g/mol. The molecule has 1 aromatic rings. The van der Waals surface area contributed by atoms with Gasteiger partial charge in [0.15, 0.2) is 12.4 Å². The zero-order chi connectivity index (χ0) is 14.6. The lowest BCUT2D eigenvalue weighted by atomic mass is 10.2. The van der Waals surface area contributed by atoms with Gasteiger partial charge in [0.25, 0.3) is 6.43 Å². The molecular formula is C10H8ClF2NO5. The molecule has 0 aliphatic heterocycles. The first-order chi connectivity index (χ1) is 8.86. The Morgan fingerprint density at radius 2 is 2.16 bits per heavy atom. The van der Waals surface area contributed by atoms with E-state index in [-0.39, 0.29) is 10.8 Å². The number of benzene rings is 1. The number of ether oxygens (including phenoxy) is 2. The standard InChI is InChI=1S/C10H8ClF2NO5/c1-18-9(15)4-19-8-3-6(11)5(10(12)13)2-7(8)14(16)17/h2-3,10H,4H2,1H3. The maximum atomic E-state index is 12.5. The largest absolute Gasteiger partial charge is 0.475 e. The van der Waals surface area contributed by atoms with Gasteiger partial charge >= 0.3 is 11.7 Å². The number of nitro groups is 1. The summed E-state index contributed by atoms with van der Waals surface area (Å²) in [4.78, 5) is 20.7. The Labute approximate surface area is 111 Å². The third-order valence-corrected chi connectivity index (χ3v) is 2.41. The fraction of sp³-hybridized carbons (Fsp3) is 0.300. The molecule has 0 bridgehead atoms. The molecule has 0 spiro atoms. The van der Waals surface area contributed by atoms with Gasteiger partial charge in [-0.3, -0.25) is 10.1 Å². The summed E-state index contributed by atoms with van der Waals surface area (Å²) >= 11 is 5.55. The molecule has 0 heterocycles. The Kier molecular flexibility index (Phi) is 4.99. The predicted molar refractivity (Wildman–Crippen MR) is 60.6 cm³/mol. The molecule has 0 unspecified atom stereocenters. The summed E-state index contributed by atoms with van der Waals surface area (Å²) in [5.74, 6) is -1.16. The van der Waals surface area contributed by atoms with Crippen molar-refractivity contribution in [3.63, 3.8) is 0 Å². The van der Waals surface area contributed by atoms with Crippen molar-refractivity contribution in [2.75, 3.05) is 13.7 Å². The van der Waals surface area contributed by atoms with Crippen molar-refractivity contribution < 1.29 is 28.0 Å². The van der Waals surface area contributed by atoms with Gasteiger partial charge in [0, 0.05) is 17.7 Å². The minimum absolute atomic E-state index is 0.384. The van der Waals surface area contributed by atoms with Crippen molar-refractivity contribution in [1.82, 2.24) is 0 Å². The van der Waals surface area contributed by atoms with Crippen molar-refractivity contribution in [3.05, 3.63) is 32.8 Å². The van der Waals surface area contributed by atoms with Crippen molar-refractivity contribution in [1.29, 1.82) is 0 Å². The Morgan fingerprint density at radius 3 is 2.63 bits per heavy atom. The van der Waals surface area contributed by atoms with Crippen LogP contribution in [0.15, 0.2) is 12.1 Å². The van der Waals surface area contributed by atoms with Gasteiger partial charge in [-0.15, -0.1) is 0 Å². The van der Waals surface area contributed by atoms with E-state index in [0.717, 1.165) is 13.2 Å². The van der Waals surface area contributed by atoms with Crippen molar-refractivity contribution in [3.8, 4) is 5.75 Å². The van der Waals surface area contributed by atoms with Crippen LogP contribution in [0.3, 0.4) is 0 Å². The minimum Gasteiger partial charge on any atom is -0.475 e. The molecule has 0 saturated carbocycles. The zero-order valence-electron chi connectivity index (χ0n) is 9.56. The summed E-state index contributed by atoms with van der Waals surface area (Å²) < 4.78 is 34.2. The van der Waals surface area contributed by atoms with Gasteiger partial charge < -0.3 is 9.47 Å². The smallest absolute Gasteiger partial charge is 0.343 e. The number of carbonyl (C=O) groups is 1. The SMILES string of the molecule is COC(=O)COc1cc(Cl)c(C(F)F)cc1[N+](=O)[O-]. The highest BCUT2D eigenvalue weighted by Gasteiger charge is 2.23. The maximum Gasteiger partial charge on any atom is 0.343 e. The van der Waals surface area contributed by atoms with Gasteiger partial charge in [0.2, 0.25) is 0 Å². The van der Waals surface area contributed by atoms with Gasteiger partial charge in [-0.05, 0) is 0 Å². The second-order valence-corrected chi connectivity index (χ2v) is 3.67. The summed E-state index contributed by atoms with van der Waals surface area (Å²) in [7, 11) is 1.10. The van der Waals surface area contributed by atoms with Crippen LogP contribution in [0.1, 0.15) is 12.0 Å². The van der Waals surface area contributed by atoms with Crippen LogP contribution >= 0.6 is 11.6 Å². The van der Waals surface area contributed by atoms with E-state index in [1.165, 1.54) is 0 Å². The lowest BCUT2D eigenvalue weighted by Crippen LogP contribution is -2.13. The van der Waals surface area contributed by atoms with Crippen molar-refractivity contribution >= 4 is 23.3 Å². The fourth-order valence-corrected chi connectivity index (χ4v) is 1.42. The van der Waals surface area contributed by atoms with Gasteiger partial charge in [0.05, 0.1) is 17.1 Å². The van der Waals surface area contributed by atoms with Crippen LogP contribution in [-0.4, -0.2) is 24.6 Å². The summed E-state index contributed by atoms with van der Waals surface area (Å²) in [5, 5.41) is 10.4. The number of methoxy groups -OCH3 is 1. The number of rotatable bonds is 5. The van der Waals surface area contributed by atoms with Gasteiger partial charge in [0.1, 0.15) is 0 Å². The van der Waals surface area contributed by atoms with E-state index in [1.54, 1.807) is 0 Å². The Morgan fingerprint density at radius 1 is 1.53 bits per heavy atom. The maximum absolute atomic E-state index is 12.5. The van der Waals surface area contributed by atoms with Crippen LogP contribution in [0, 0.1) is 10.1 Å². The summed E-state index contributed by atoms with van der Waals surface area (Å²) in [5.41, 5.74) is -1.39. The lowest BCUT2D eigenvalue weighted by molar-refractivity contribution is -0.385. The highest BCUT2D eigenvalue weighted by Crippen LogP contribution is 2.37. The van der Waals surface area contributed by atoms with Crippen LogP contribution in [0.5, 0.6) is 5.75 Å². The van der Waals surface area contributed by atoms with E-state index < -0.39 is 35.2 Å². The van der Waals surface area contributed by atoms with Crippen LogP contribution in [0.4, 0.5) is 14.5 Å². The molecule has 0 N–H and O–H groups in total.